The summed E-state index contributed by atoms with van der Waals surface area (Å²) in [5.74, 6) is 0.673. The molecule has 0 aliphatic rings. The van der Waals surface area contributed by atoms with Gasteiger partial charge in [0.05, 0.1) is 0 Å². The molecular weight excluding hydrogens is 333 g/mol. The van der Waals surface area contributed by atoms with Crippen LogP contribution in [0.5, 0.6) is 5.75 Å². The van der Waals surface area contributed by atoms with Crippen LogP contribution in [0.2, 0.25) is 0 Å². The Morgan fingerprint density at radius 3 is 2.76 bits per heavy atom. The van der Waals surface area contributed by atoms with Crippen LogP contribution in [0.25, 0.3) is 0 Å². The maximum absolute atomic E-state index is 13.5. The first-order chi connectivity index (χ1) is 10.1. The summed E-state index contributed by atoms with van der Waals surface area (Å²) in [6.45, 7) is 5.05. The minimum absolute atomic E-state index is 0.0891. The summed E-state index contributed by atoms with van der Waals surface area (Å²) >= 11 is 3.41. The SMILES string of the molecule is Cc1ccc(C(C)NCCOc2cccc(Br)c2)cc1F. The molecule has 0 saturated heterocycles. The normalized spacial score (nSPS) is 12.2. The first kappa shape index (κ1) is 16.0. The van der Waals surface area contributed by atoms with E-state index in [0.717, 1.165) is 15.8 Å². The van der Waals surface area contributed by atoms with Crippen LogP contribution in [-0.2, 0) is 0 Å². The van der Waals surface area contributed by atoms with Gasteiger partial charge in [-0.15, -0.1) is 0 Å². The second kappa shape index (κ2) is 7.57. The molecule has 2 rings (SSSR count). The number of benzene rings is 2. The van der Waals surface area contributed by atoms with E-state index in [0.29, 0.717) is 18.7 Å². The molecule has 0 radical (unpaired) electrons. The fraction of sp³-hybridized carbons (Fsp3) is 0.294. The summed E-state index contributed by atoms with van der Waals surface area (Å²) in [5, 5.41) is 3.33. The van der Waals surface area contributed by atoms with Crippen LogP contribution in [0.4, 0.5) is 4.39 Å². The zero-order valence-corrected chi connectivity index (χ0v) is 13.8. The third-order valence-corrected chi connectivity index (χ3v) is 3.81. The Morgan fingerprint density at radius 2 is 2.05 bits per heavy atom. The minimum Gasteiger partial charge on any atom is -0.492 e. The Kier molecular flexibility index (Phi) is 5.76. The third-order valence-electron chi connectivity index (χ3n) is 3.31. The number of aryl methyl sites for hydroxylation is 1. The van der Waals surface area contributed by atoms with Gasteiger partial charge in [0.25, 0.3) is 0 Å². The minimum atomic E-state index is -0.161. The Bertz CT molecular complexity index is 603. The van der Waals surface area contributed by atoms with Gasteiger partial charge in [-0.3, -0.25) is 0 Å². The molecule has 2 aromatic rings. The van der Waals surface area contributed by atoms with E-state index in [4.69, 9.17) is 4.74 Å². The lowest BCUT2D eigenvalue weighted by Gasteiger charge is -2.15. The second-order valence-corrected chi connectivity index (χ2v) is 5.91. The predicted octanol–water partition coefficient (Wildman–Crippen LogP) is 4.63. The van der Waals surface area contributed by atoms with Crippen molar-refractivity contribution in [2.45, 2.75) is 19.9 Å². The van der Waals surface area contributed by atoms with Crippen molar-refractivity contribution in [1.29, 1.82) is 0 Å². The monoisotopic (exact) mass is 351 g/mol. The Balaban J connectivity index is 1.79. The first-order valence-electron chi connectivity index (χ1n) is 6.94. The van der Waals surface area contributed by atoms with Gasteiger partial charge < -0.3 is 10.1 Å². The average molecular weight is 352 g/mol. The quantitative estimate of drug-likeness (QED) is 0.766. The third kappa shape index (κ3) is 4.83. The lowest BCUT2D eigenvalue weighted by molar-refractivity contribution is 0.307. The molecule has 0 aliphatic heterocycles. The number of hydrogen-bond acceptors (Lipinski definition) is 2. The fourth-order valence-electron chi connectivity index (χ4n) is 2.00. The van der Waals surface area contributed by atoms with Gasteiger partial charge in [-0.25, -0.2) is 4.39 Å². The standard InChI is InChI=1S/C17H19BrFNO/c1-12-6-7-14(10-17(12)19)13(2)20-8-9-21-16-5-3-4-15(18)11-16/h3-7,10-11,13,20H,8-9H2,1-2H3. The molecule has 2 aromatic carbocycles. The van der Waals surface area contributed by atoms with Gasteiger partial charge in [0.15, 0.2) is 0 Å². The molecule has 0 bridgehead atoms. The van der Waals surface area contributed by atoms with Gasteiger partial charge in [0, 0.05) is 17.1 Å². The van der Waals surface area contributed by atoms with Gasteiger partial charge in [-0.1, -0.05) is 34.1 Å². The fourth-order valence-corrected chi connectivity index (χ4v) is 2.38. The van der Waals surface area contributed by atoms with Crippen LogP contribution in [0, 0.1) is 12.7 Å². The van der Waals surface area contributed by atoms with Crippen molar-refractivity contribution >= 4 is 15.9 Å². The molecule has 4 heteroatoms. The van der Waals surface area contributed by atoms with E-state index in [1.165, 1.54) is 0 Å². The summed E-state index contributed by atoms with van der Waals surface area (Å²) in [5.41, 5.74) is 1.62. The molecule has 1 atom stereocenters. The summed E-state index contributed by atoms with van der Waals surface area (Å²) in [6.07, 6.45) is 0. The van der Waals surface area contributed by atoms with Gasteiger partial charge >= 0.3 is 0 Å². The van der Waals surface area contributed by atoms with E-state index in [2.05, 4.69) is 21.2 Å². The molecule has 0 spiro atoms. The lowest BCUT2D eigenvalue weighted by atomic mass is 10.1. The highest BCUT2D eigenvalue weighted by molar-refractivity contribution is 9.10. The van der Waals surface area contributed by atoms with E-state index < -0.39 is 0 Å². The number of ether oxygens (including phenoxy) is 1. The highest BCUT2D eigenvalue weighted by Crippen LogP contribution is 2.18. The molecule has 0 aromatic heterocycles. The van der Waals surface area contributed by atoms with Crippen LogP contribution in [0.1, 0.15) is 24.1 Å². The van der Waals surface area contributed by atoms with Crippen LogP contribution in [0.3, 0.4) is 0 Å². The highest BCUT2D eigenvalue weighted by atomic mass is 79.9. The number of nitrogens with one attached hydrogen (secondary N) is 1. The molecule has 1 unspecified atom stereocenters. The van der Waals surface area contributed by atoms with Crippen LogP contribution < -0.4 is 10.1 Å². The molecule has 0 aliphatic carbocycles. The smallest absolute Gasteiger partial charge is 0.126 e. The molecule has 0 amide bonds. The van der Waals surface area contributed by atoms with Crippen molar-refractivity contribution in [3.63, 3.8) is 0 Å². The average Bonchev–Trinajstić information content (AvgIpc) is 2.46. The van der Waals surface area contributed by atoms with Gasteiger partial charge in [0.1, 0.15) is 18.2 Å². The summed E-state index contributed by atoms with van der Waals surface area (Å²) in [4.78, 5) is 0. The molecule has 0 saturated carbocycles. The zero-order chi connectivity index (χ0) is 15.2. The van der Waals surface area contributed by atoms with Crippen LogP contribution in [-0.4, -0.2) is 13.2 Å². The first-order valence-corrected chi connectivity index (χ1v) is 7.73. The molecule has 112 valence electrons. The highest BCUT2D eigenvalue weighted by Gasteiger charge is 2.07. The Labute approximate surface area is 133 Å². The maximum Gasteiger partial charge on any atom is 0.126 e. The van der Waals surface area contributed by atoms with Crippen molar-refractivity contribution in [3.05, 3.63) is 63.9 Å². The van der Waals surface area contributed by atoms with E-state index in [1.807, 2.05) is 37.3 Å². The molecule has 0 fully saturated rings. The van der Waals surface area contributed by atoms with E-state index in [-0.39, 0.29) is 11.9 Å². The van der Waals surface area contributed by atoms with Crippen molar-refractivity contribution in [2.75, 3.05) is 13.2 Å². The molecule has 1 N–H and O–H groups in total. The Hall–Kier alpha value is -1.39. The lowest BCUT2D eigenvalue weighted by Crippen LogP contribution is -2.24. The molecule has 0 heterocycles. The topological polar surface area (TPSA) is 21.3 Å². The summed E-state index contributed by atoms with van der Waals surface area (Å²) in [7, 11) is 0. The number of rotatable bonds is 6. The molecular formula is C17H19BrFNO. The largest absolute Gasteiger partial charge is 0.492 e. The summed E-state index contributed by atoms with van der Waals surface area (Å²) < 4.78 is 20.2. The van der Waals surface area contributed by atoms with Crippen molar-refractivity contribution in [1.82, 2.24) is 5.32 Å². The number of halogens is 2. The van der Waals surface area contributed by atoms with Crippen LogP contribution in [0.15, 0.2) is 46.9 Å². The van der Waals surface area contributed by atoms with E-state index in [9.17, 15) is 4.39 Å². The predicted molar refractivity (Wildman–Crippen MR) is 87.2 cm³/mol. The van der Waals surface area contributed by atoms with Crippen molar-refractivity contribution in [2.24, 2.45) is 0 Å². The molecule has 2 nitrogen and oxygen atoms in total. The van der Waals surface area contributed by atoms with Gasteiger partial charge in [-0.05, 0) is 49.2 Å². The van der Waals surface area contributed by atoms with Crippen molar-refractivity contribution in [3.8, 4) is 5.75 Å². The second-order valence-electron chi connectivity index (χ2n) is 4.99. The Morgan fingerprint density at radius 1 is 1.24 bits per heavy atom. The van der Waals surface area contributed by atoms with Crippen molar-refractivity contribution < 1.29 is 9.13 Å². The van der Waals surface area contributed by atoms with Gasteiger partial charge in [0.2, 0.25) is 0 Å². The van der Waals surface area contributed by atoms with Gasteiger partial charge in [-0.2, -0.15) is 0 Å². The zero-order valence-electron chi connectivity index (χ0n) is 12.2. The van der Waals surface area contributed by atoms with Crippen LogP contribution >= 0.6 is 15.9 Å². The molecule has 21 heavy (non-hydrogen) atoms. The summed E-state index contributed by atoms with van der Waals surface area (Å²) in [6, 6.07) is 13.2. The maximum atomic E-state index is 13.5. The number of hydrogen-bond donors (Lipinski definition) is 1. The van der Waals surface area contributed by atoms with E-state index in [1.54, 1.807) is 19.1 Å². The van der Waals surface area contributed by atoms with E-state index >= 15 is 0 Å².